The van der Waals surface area contributed by atoms with Crippen LogP contribution in [-0.2, 0) is 5.41 Å². The fourth-order valence-corrected chi connectivity index (χ4v) is 9.92. The summed E-state index contributed by atoms with van der Waals surface area (Å²) in [5.74, 6) is 0.924. The minimum absolute atomic E-state index is 0.120. The highest BCUT2D eigenvalue weighted by Crippen LogP contribution is 2.56. The number of rotatable bonds is 3. The van der Waals surface area contributed by atoms with Crippen LogP contribution in [0.1, 0.15) is 25.0 Å². The zero-order valence-electron chi connectivity index (χ0n) is 26.6. The van der Waals surface area contributed by atoms with Crippen molar-refractivity contribution < 1.29 is 0 Å². The molecule has 0 radical (unpaired) electrons. The predicted molar refractivity (Wildman–Crippen MR) is 202 cm³/mol. The van der Waals surface area contributed by atoms with Gasteiger partial charge in [0.2, 0.25) is 0 Å². The van der Waals surface area contributed by atoms with Crippen LogP contribution in [0.3, 0.4) is 0 Å². The van der Waals surface area contributed by atoms with Gasteiger partial charge in [-0.15, -0.1) is 0 Å². The van der Waals surface area contributed by atoms with E-state index in [1.165, 1.54) is 69.2 Å². The summed E-state index contributed by atoms with van der Waals surface area (Å²) < 4.78 is 2.38. The molecule has 8 aromatic rings. The van der Waals surface area contributed by atoms with Crippen molar-refractivity contribution in [2.24, 2.45) is 0 Å². The number of pyridine rings is 1. The summed E-state index contributed by atoms with van der Waals surface area (Å²) in [5, 5.41) is 2.51. The van der Waals surface area contributed by atoms with Crippen LogP contribution in [0.25, 0.3) is 61.1 Å². The van der Waals surface area contributed by atoms with Gasteiger partial charge in [0.25, 0.3) is 0 Å². The van der Waals surface area contributed by atoms with Gasteiger partial charge < -0.3 is 0 Å². The molecule has 3 heterocycles. The van der Waals surface area contributed by atoms with Crippen LogP contribution in [0.2, 0.25) is 0 Å². The first-order chi connectivity index (χ1) is 23.5. The zero-order chi connectivity index (χ0) is 32.0. The summed E-state index contributed by atoms with van der Waals surface area (Å²) >= 11 is 3.79. The molecule has 1 aliphatic heterocycles. The molecule has 0 bridgehead atoms. The van der Waals surface area contributed by atoms with E-state index in [-0.39, 0.29) is 5.41 Å². The molecular formula is C44H30N2S2. The fourth-order valence-electron chi connectivity index (χ4n) is 7.65. The smallest absolute Gasteiger partial charge is 0.138 e. The molecule has 6 aromatic carbocycles. The van der Waals surface area contributed by atoms with E-state index < -0.39 is 0 Å². The van der Waals surface area contributed by atoms with Crippen LogP contribution in [0, 0.1) is 0 Å². The third kappa shape index (κ3) is 4.19. The van der Waals surface area contributed by atoms with E-state index in [1.807, 2.05) is 23.5 Å². The Kier molecular flexibility index (Phi) is 6.12. The Hall–Kier alpha value is -5.03. The Morgan fingerprint density at radius 1 is 0.479 bits per heavy atom. The van der Waals surface area contributed by atoms with Gasteiger partial charge in [-0.3, -0.25) is 4.57 Å². The van der Waals surface area contributed by atoms with E-state index in [0.717, 1.165) is 22.6 Å². The van der Waals surface area contributed by atoms with E-state index in [1.54, 1.807) is 0 Å². The summed E-state index contributed by atoms with van der Waals surface area (Å²) in [7, 11) is 0. The molecule has 0 saturated heterocycles. The maximum Gasteiger partial charge on any atom is 0.138 e. The van der Waals surface area contributed by atoms with Gasteiger partial charge in [-0.25, -0.2) is 4.98 Å². The highest BCUT2D eigenvalue weighted by Gasteiger charge is 2.38. The maximum atomic E-state index is 5.37. The summed E-state index contributed by atoms with van der Waals surface area (Å²) in [5.41, 5.74) is 12.1. The van der Waals surface area contributed by atoms with Crippen molar-refractivity contribution in [2.45, 2.75) is 38.8 Å². The van der Waals surface area contributed by atoms with Crippen LogP contribution in [0.5, 0.6) is 0 Å². The molecule has 10 rings (SSSR count). The van der Waals surface area contributed by atoms with E-state index in [2.05, 4.69) is 164 Å². The quantitative estimate of drug-likeness (QED) is 0.189. The largest absolute Gasteiger partial charge is 0.294 e. The summed E-state index contributed by atoms with van der Waals surface area (Å²) in [6, 6.07) is 53.0. The van der Waals surface area contributed by atoms with Crippen molar-refractivity contribution in [1.29, 1.82) is 0 Å². The summed E-state index contributed by atoms with van der Waals surface area (Å²) in [6.07, 6.45) is 0. The second-order valence-corrected chi connectivity index (χ2v) is 15.4. The van der Waals surface area contributed by atoms with Gasteiger partial charge in [-0.2, -0.15) is 0 Å². The van der Waals surface area contributed by atoms with Gasteiger partial charge in [-0.1, -0.05) is 128 Å². The molecule has 4 heteroatoms. The van der Waals surface area contributed by atoms with Crippen molar-refractivity contribution >= 4 is 45.3 Å². The van der Waals surface area contributed by atoms with Gasteiger partial charge in [0.1, 0.15) is 5.82 Å². The topological polar surface area (TPSA) is 17.8 Å². The van der Waals surface area contributed by atoms with Gasteiger partial charge in [0.05, 0.1) is 16.7 Å². The highest BCUT2D eigenvalue weighted by molar-refractivity contribution is 8.05. The lowest BCUT2D eigenvalue weighted by Gasteiger charge is -2.24. The van der Waals surface area contributed by atoms with Crippen molar-refractivity contribution in [3.8, 4) is 39.3 Å². The number of para-hydroxylation sites is 1. The molecule has 228 valence electrons. The molecular weight excluding hydrogens is 621 g/mol. The molecule has 0 saturated carbocycles. The Balaban J connectivity index is 1.23. The maximum absolute atomic E-state index is 5.37. The van der Waals surface area contributed by atoms with Gasteiger partial charge in [-0.05, 0) is 88.0 Å². The van der Waals surface area contributed by atoms with E-state index in [0.29, 0.717) is 0 Å². The van der Waals surface area contributed by atoms with Crippen molar-refractivity contribution in [1.82, 2.24) is 9.55 Å². The Morgan fingerprint density at radius 2 is 1.08 bits per heavy atom. The second kappa shape index (κ2) is 10.5. The minimum Gasteiger partial charge on any atom is -0.294 e. The number of benzene rings is 6. The monoisotopic (exact) mass is 650 g/mol. The Morgan fingerprint density at radius 3 is 1.83 bits per heavy atom. The van der Waals surface area contributed by atoms with Crippen LogP contribution in [0.15, 0.2) is 165 Å². The van der Waals surface area contributed by atoms with Crippen LogP contribution in [-0.4, -0.2) is 9.55 Å². The minimum atomic E-state index is -0.120. The molecule has 1 aliphatic carbocycles. The van der Waals surface area contributed by atoms with Crippen LogP contribution >= 0.6 is 23.5 Å². The molecule has 2 nitrogen and oxygen atoms in total. The number of fused-ring (bicyclic) bond motifs is 8. The Bertz CT molecular complexity index is 2520. The predicted octanol–water partition coefficient (Wildman–Crippen LogP) is 12.4. The molecule has 48 heavy (non-hydrogen) atoms. The molecule has 2 aliphatic rings. The lowest BCUT2D eigenvalue weighted by atomic mass is 9.82. The van der Waals surface area contributed by atoms with E-state index in [9.17, 15) is 0 Å². The van der Waals surface area contributed by atoms with Crippen molar-refractivity contribution in [3.05, 3.63) is 157 Å². The lowest BCUT2D eigenvalue weighted by Crippen LogP contribution is -2.15. The highest BCUT2D eigenvalue weighted by atomic mass is 32.2. The first-order valence-electron chi connectivity index (χ1n) is 16.4. The molecule has 0 atom stereocenters. The van der Waals surface area contributed by atoms with Gasteiger partial charge in [0.15, 0.2) is 0 Å². The molecule has 0 N–H and O–H groups in total. The third-order valence-electron chi connectivity index (χ3n) is 10.0. The summed E-state index contributed by atoms with van der Waals surface area (Å²) in [4.78, 5) is 10.7. The number of nitrogens with zero attached hydrogens (tertiary/aromatic N) is 2. The van der Waals surface area contributed by atoms with Crippen LogP contribution in [0.4, 0.5) is 0 Å². The van der Waals surface area contributed by atoms with E-state index >= 15 is 0 Å². The van der Waals surface area contributed by atoms with Crippen LogP contribution < -0.4 is 0 Å². The average Bonchev–Trinajstić information content (AvgIpc) is 3.57. The fraction of sp³-hybridized carbons (Fsp3) is 0.0682. The SMILES string of the molecule is CC1(C)c2cc3c(cc2-c2cc4c(cc21)c1ccccc1n4-c1cc(-c2ccccc2)cc(-c2ccccc2)n1)Sc1ccccc1S3. The lowest BCUT2D eigenvalue weighted by molar-refractivity contribution is 0.658. The zero-order valence-corrected chi connectivity index (χ0v) is 28.2. The third-order valence-corrected chi connectivity index (χ3v) is 12.6. The molecule has 0 fully saturated rings. The second-order valence-electron chi connectivity index (χ2n) is 13.2. The molecule has 0 unspecified atom stereocenters. The number of hydrogen-bond acceptors (Lipinski definition) is 3. The average molecular weight is 651 g/mol. The van der Waals surface area contributed by atoms with Crippen molar-refractivity contribution in [3.63, 3.8) is 0 Å². The Labute approximate surface area is 288 Å². The molecule has 0 amide bonds. The number of hydrogen-bond donors (Lipinski definition) is 0. The van der Waals surface area contributed by atoms with E-state index in [4.69, 9.17) is 4.98 Å². The van der Waals surface area contributed by atoms with Crippen molar-refractivity contribution in [2.75, 3.05) is 0 Å². The van der Waals surface area contributed by atoms with Gasteiger partial charge >= 0.3 is 0 Å². The summed E-state index contributed by atoms with van der Waals surface area (Å²) in [6.45, 7) is 4.78. The molecule has 2 aromatic heterocycles. The first-order valence-corrected chi connectivity index (χ1v) is 18.0. The number of aromatic nitrogens is 2. The molecule has 0 spiro atoms. The normalized spacial score (nSPS) is 14.0. The first kappa shape index (κ1) is 28.0. The standard InChI is InChI=1S/C44H30N2S2/c1-44(2)34-23-33-30-17-9-10-18-37(30)46(43-22-29(27-13-5-3-6-14-27)21-36(45-43)28-15-7-4-8-16-28)38(33)24-31(34)32-25-41-42(26-35(32)44)48-40-20-12-11-19-39(40)47-41/h3-26H,1-2H3. The van der Waals surface area contributed by atoms with Gasteiger partial charge in [0, 0.05) is 41.3 Å².